The van der Waals surface area contributed by atoms with Gasteiger partial charge < -0.3 is 10.5 Å². The number of amides is 1. The Hall–Kier alpha value is -1.13. The van der Waals surface area contributed by atoms with Gasteiger partial charge >= 0.3 is 6.09 Å². The highest BCUT2D eigenvalue weighted by molar-refractivity contribution is 6.42. The van der Waals surface area contributed by atoms with Crippen LogP contribution in [0.1, 0.15) is 0 Å². The maximum Gasteiger partial charge on any atom is 0.411 e. The third-order valence-corrected chi connectivity index (χ3v) is 2.24. The molecule has 3 N–H and O–H groups in total. The van der Waals surface area contributed by atoms with E-state index in [2.05, 4.69) is 10.1 Å². The quantitative estimate of drug-likeness (QED) is 0.735. The maximum absolute atomic E-state index is 10.9. The van der Waals surface area contributed by atoms with E-state index >= 15 is 0 Å². The first-order valence-electron chi connectivity index (χ1n) is 3.64. The second kappa shape index (κ2) is 4.39. The summed E-state index contributed by atoms with van der Waals surface area (Å²) in [6.07, 6.45) is -0.616. The summed E-state index contributed by atoms with van der Waals surface area (Å²) in [5.74, 6) is 0. The van der Waals surface area contributed by atoms with Gasteiger partial charge in [-0.05, 0) is 12.1 Å². The first-order valence-corrected chi connectivity index (χ1v) is 4.39. The molecule has 1 aromatic rings. The van der Waals surface area contributed by atoms with Crippen molar-refractivity contribution in [2.75, 3.05) is 18.2 Å². The van der Waals surface area contributed by atoms with Gasteiger partial charge in [0.15, 0.2) is 0 Å². The van der Waals surface area contributed by atoms with Gasteiger partial charge in [0.05, 0.1) is 28.5 Å². The number of benzene rings is 1. The van der Waals surface area contributed by atoms with E-state index in [1.807, 2.05) is 0 Å². The Morgan fingerprint density at radius 3 is 2.57 bits per heavy atom. The molecule has 0 aromatic heterocycles. The number of nitrogen functional groups attached to an aromatic ring is 1. The van der Waals surface area contributed by atoms with E-state index in [0.29, 0.717) is 21.4 Å². The van der Waals surface area contributed by atoms with Gasteiger partial charge in [-0.1, -0.05) is 23.2 Å². The average molecular weight is 235 g/mol. The number of rotatable bonds is 1. The van der Waals surface area contributed by atoms with Gasteiger partial charge in [0.1, 0.15) is 0 Å². The van der Waals surface area contributed by atoms with Crippen LogP contribution in [-0.2, 0) is 4.74 Å². The lowest BCUT2D eigenvalue weighted by Crippen LogP contribution is -2.12. The molecule has 4 nitrogen and oxygen atoms in total. The lowest BCUT2D eigenvalue weighted by Gasteiger charge is -2.08. The number of ether oxygens (including phenoxy) is 1. The van der Waals surface area contributed by atoms with E-state index in [1.54, 1.807) is 0 Å². The molecule has 1 aromatic carbocycles. The second-order valence-corrected chi connectivity index (χ2v) is 3.28. The first-order chi connectivity index (χ1) is 6.54. The smallest absolute Gasteiger partial charge is 0.411 e. The van der Waals surface area contributed by atoms with Crippen LogP contribution in [0.25, 0.3) is 0 Å². The van der Waals surface area contributed by atoms with Crippen LogP contribution in [-0.4, -0.2) is 13.2 Å². The fourth-order valence-corrected chi connectivity index (χ4v) is 1.17. The van der Waals surface area contributed by atoms with Crippen LogP contribution < -0.4 is 11.1 Å². The summed E-state index contributed by atoms with van der Waals surface area (Å²) in [6, 6.07) is 2.91. The molecule has 0 saturated heterocycles. The van der Waals surface area contributed by atoms with Gasteiger partial charge in [0.2, 0.25) is 0 Å². The molecule has 0 unspecified atom stereocenters. The van der Waals surface area contributed by atoms with E-state index in [9.17, 15) is 4.79 Å². The van der Waals surface area contributed by atoms with E-state index in [1.165, 1.54) is 19.2 Å². The fourth-order valence-electron chi connectivity index (χ4n) is 0.831. The molecule has 1 amide bonds. The number of carbonyl (C=O) groups is 1. The van der Waals surface area contributed by atoms with Crippen LogP contribution in [0.2, 0.25) is 10.0 Å². The summed E-state index contributed by atoms with van der Waals surface area (Å²) in [5.41, 5.74) is 6.27. The zero-order valence-corrected chi connectivity index (χ0v) is 8.82. The van der Waals surface area contributed by atoms with Crippen LogP contribution in [0, 0.1) is 0 Å². The molecule has 0 spiro atoms. The monoisotopic (exact) mass is 234 g/mol. The van der Waals surface area contributed by atoms with Crippen molar-refractivity contribution in [3.63, 3.8) is 0 Å². The van der Waals surface area contributed by atoms with Crippen LogP contribution in [0.5, 0.6) is 0 Å². The van der Waals surface area contributed by atoms with Crippen molar-refractivity contribution in [2.45, 2.75) is 0 Å². The minimum absolute atomic E-state index is 0.312. The minimum atomic E-state index is -0.616. The summed E-state index contributed by atoms with van der Waals surface area (Å²) in [7, 11) is 1.25. The summed E-state index contributed by atoms with van der Waals surface area (Å²) < 4.78 is 4.40. The van der Waals surface area contributed by atoms with Crippen LogP contribution in [0.15, 0.2) is 12.1 Å². The molecule has 6 heteroatoms. The van der Waals surface area contributed by atoms with Crippen LogP contribution >= 0.6 is 23.2 Å². The normalized spacial score (nSPS) is 9.64. The summed E-state index contributed by atoms with van der Waals surface area (Å²) in [6.45, 7) is 0. The number of carbonyl (C=O) groups excluding carboxylic acids is 1. The van der Waals surface area contributed by atoms with Crippen LogP contribution in [0.4, 0.5) is 16.2 Å². The van der Waals surface area contributed by atoms with Crippen molar-refractivity contribution in [1.29, 1.82) is 0 Å². The first kappa shape index (κ1) is 10.9. The molecule has 0 heterocycles. The molecule has 0 aliphatic carbocycles. The predicted molar refractivity (Wildman–Crippen MR) is 56.9 cm³/mol. The topological polar surface area (TPSA) is 64.3 Å². The lowest BCUT2D eigenvalue weighted by molar-refractivity contribution is 0.187. The van der Waals surface area contributed by atoms with Gasteiger partial charge in [-0.2, -0.15) is 0 Å². The van der Waals surface area contributed by atoms with Crippen molar-refractivity contribution in [2.24, 2.45) is 0 Å². The number of nitrogens with one attached hydrogen (secondary N) is 1. The van der Waals surface area contributed by atoms with Gasteiger partial charge in [0, 0.05) is 0 Å². The molecular formula is C8H8Cl2N2O2. The molecule has 0 radical (unpaired) electrons. The lowest BCUT2D eigenvalue weighted by atomic mass is 10.3. The van der Waals surface area contributed by atoms with Crippen molar-refractivity contribution in [3.05, 3.63) is 22.2 Å². The third kappa shape index (κ3) is 2.43. The minimum Gasteiger partial charge on any atom is -0.453 e. The highest BCUT2D eigenvalue weighted by atomic mass is 35.5. The Morgan fingerprint density at radius 1 is 1.43 bits per heavy atom. The number of hydrogen-bond donors (Lipinski definition) is 2. The largest absolute Gasteiger partial charge is 0.453 e. The Morgan fingerprint density at radius 2 is 2.00 bits per heavy atom. The van der Waals surface area contributed by atoms with Crippen molar-refractivity contribution < 1.29 is 9.53 Å². The molecule has 0 saturated carbocycles. The standard InChI is InChI=1S/C8H8Cl2N2O2/c1-14-8(13)12-7-3-5(10)4(9)2-6(7)11/h2-3H,11H2,1H3,(H,12,13). The summed E-state index contributed by atoms with van der Waals surface area (Å²) in [4.78, 5) is 10.9. The molecule has 0 aliphatic heterocycles. The van der Waals surface area contributed by atoms with E-state index in [4.69, 9.17) is 28.9 Å². The molecular weight excluding hydrogens is 227 g/mol. The Kier molecular flexibility index (Phi) is 3.43. The van der Waals surface area contributed by atoms with Crippen molar-refractivity contribution in [3.8, 4) is 0 Å². The number of hydrogen-bond acceptors (Lipinski definition) is 3. The van der Waals surface area contributed by atoms with E-state index in [0.717, 1.165) is 0 Å². The second-order valence-electron chi connectivity index (χ2n) is 2.47. The van der Waals surface area contributed by atoms with Gasteiger partial charge in [-0.25, -0.2) is 4.79 Å². The maximum atomic E-state index is 10.9. The summed E-state index contributed by atoms with van der Waals surface area (Å²) in [5, 5.41) is 3.04. The van der Waals surface area contributed by atoms with E-state index < -0.39 is 6.09 Å². The molecule has 76 valence electrons. The average Bonchev–Trinajstić information content (AvgIpc) is 2.14. The number of nitrogens with two attached hydrogens (primary N) is 1. The molecule has 14 heavy (non-hydrogen) atoms. The highest BCUT2D eigenvalue weighted by Crippen LogP contribution is 2.30. The predicted octanol–water partition coefficient (Wildman–Crippen LogP) is 2.75. The van der Waals surface area contributed by atoms with Crippen molar-refractivity contribution >= 4 is 40.7 Å². The molecule has 0 atom stereocenters. The number of halogens is 2. The molecule has 0 fully saturated rings. The number of methoxy groups -OCH3 is 1. The fraction of sp³-hybridized carbons (Fsp3) is 0.125. The Labute approximate surface area is 90.9 Å². The van der Waals surface area contributed by atoms with Gasteiger partial charge in [-0.3, -0.25) is 5.32 Å². The summed E-state index contributed by atoms with van der Waals surface area (Å²) >= 11 is 11.4. The van der Waals surface area contributed by atoms with Gasteiger partial charge in [0.25, 0.3) is 0 Å². The molecule has 1 rings (SSSR count). The number of anilines is 2. The van der Waals surface area contributed by atoms with Crippen LogP contribution in [0.3, 0.4) is 0 Å². The zero-order chi connectivity index (χ0) is 10.7. The molecule has 0 bridgehead atoms. The third-order valence-electron chi connectivity index (χ3n) is 1.51. The van der Waals surface area contributed by atoms with Crippen molar-refractivity contribution in [1.82, 2.24) is 0 Å². The highest BCUT2D eigenvalue weighted by Gasteiger charge is 2.07. The van der Waals surface area contributed by atoms with E-state index in [-0.39, 0.29) is 0 Å². The Balaban J connectivity index is 2.98. The zero-order valence-electron chi connectivity index (χ0n) is 7.30. The molecule has 0 aliphatic rings. The Bertz CT molecular complexity index is 369. The SMILES string of the molecule is COC(=O)Nc1cc(Cl)c(Cl)cc1N. The van der Waals surface area contributed by atoms with Gasteiger partial charge in [-0.15, -0.1) is 0 Å².